The van der Waals surface area contributed by atoms with Crippen molar-refractivity contribution in [1.29, 1.82) is 0 Å². The lowest BCUT2D eigenvalue weighted by Gasteiger charge is -2.15. The Morgan fingerprint density at radius 2 is 1.41 bits per heavy atom. The van der Waals surface area contributed by atoms with Crippen LogP contribution in [0, 0.1) is 0 Å². The summed E-state index contributed by atoms with van der Waals surface area (Å²) in [6.07, 6.45) is 8.59. The number of esters is 1. The van der Waals surface area contributed by atoms with Crippen molar-refractivity contribution >= 4 is 39.8 Å². The monoisotopic (exact) mass is 681 g/mol. The number of carbonyl (C=O) groups excluding carboxylic acids is 3. The third-order valence-electron chi connectivity index (χ3n) is 8.94. The minimum atomic E-state index is -0.340. The van der Waals surface area contributed by atoms with Gasteiger partial charge in [0.2, 0.25) is 0 Å². The van der Waals surface area contributed by atoms with Crippen LogP contribution in [0.5, 0.6) is 0 Å². The van der Waals surface area contributed by atoms with Crippen LogP contribution in [-0.4, -0.2) is 37.5 Å². The molecule has 3 aromatic carbocycles. The molecule has 0 spiro atoms. The lowest BCUT2D eigenvalue weighted by atomic mass is 9.95. The van der Waals surface area contributed by atoms with E-state index in [9.17, 15) is 14.4 Å². The highest BCUT2D eigenvalue weighted by Crippen LogP contribution is 2.39. The molecule has 49 heavy (non-hydrogen) atoms. The molecule has 1 aliphatic rings. The molecular formula is C41H51N3O4S. The summed E-state index contributed by atoms with van der Waals surface area (Å²) in [4.78, 5) is 40.1. The first-order chi connectivity index (χ1) is 23.9. The molecule has 0 aliphatic heterocycles. The Hall–Kier alpha value is -4.27. The third-order valence-corrected chi connectivity index (χ3v) is 10.1. The summed E-state index contributed by atoms with van der Waals surface area (Å²) < 4.78 is 4.77. The summed E-state index contributed by atoms with van der Waals surface area (Å²) in [5, 5.41) is 10.4. The summed E-state index contributed by atoms with van der Waals surface area (Å²) in [7, 11) is 1.38. The zero-order valence-electron chi connectivity index (χ0n) is 29.6. The van der Waals surface area contributed by atoms with E-state index in [1.807, 2.05) is 68.4 Å². The van der Waals surface area contributed by atoms with Gasteiger partial charge in [0.05, 0.1) is 18.2 Å². The number of amides is 2. The van der Waals surface area contributed by atoms with Crippen LogP contribution in [0.3, 0.4) is 0 Å². The van der Waals surface area contributed by atoms with E-state index in [1.54, 1.807) is 12.1 Å². The van der Waals surface area contributed by atoms with Gasteiger partial charge in [-0.05, 0) is 123 Å². The normalized spacial score (nSPS) is 12.0. The average molecular weight is 682 g/mol. The van der Waals surface area contributed by atoms with E-state index >= 15 is 0 Å². The number of anilines is 2. The Labute approximate surface area is 295 Å². The Bertz CT molecular complexity index is 1670. The van der Waals surface area contributed by atoms with Crippen LogP contribution in [0.4, 0.5) is 10.7 Å². The summed E-state index contributed by atoms with van der Waals surface area (Å²) in [6.45, 7) is 9.25. The first-order valence-electron chi connectivity index (χ1n) is 17.7. The summed E-state index contributed by atoms with van der Waals surface area (Å²) in [5.41, 5.74) is 6.88. The van der Waals surface area contributed by atoms with E-state index in [2.05, 4.69) is 35.9 Å². The highest BCUT2D eigenvalue weighted by molar-refractivity contribution is 7.17. The molecule has 0 atom stereocenters. The number of methoxy groups -OCH3 is 1. The lowest BCUT2D eigenvalue weighted by molar-refractivity contribution is 0.0600. The van der Waals surface area contributed by atoms with E-state index in [-0.39, 0.29) is 17.8 Å². The first-order valence-corrected chi connectivity index (χ1v) is 18.6. The van der Waals surface area contributed by atoms with Crippen molar-refractivity contribution in [3.8, 4) is 0 Å². The fourth-order valence-corrected chi connectivity index (χ4v) is 7.38. The average Bonchev–Trinajstić information content (AvgIpc) is 3.52. The highest BCUT2D eigenvalue weighted by atomic mass is 32.1. The maximum absolute atomic E-state index is 13.8. The van der Waals surface area contributed by atoms with Gasteiger partial charge in [-0.2, -0.15) is 0 Å². The third kappa shape index (κ3) is 10.4. The van der Waals surface area contributed by atoms with Crippen LogP contribution >= 0.6 is 11.3 Å². The van der Waals surface area contributed by atoms with Gasteiger partial charge in [0.15, 0.2) is 0 Å². The molecular weight excluding hydrogens is 631 g/mol. The van der Waals surface area contributed by atoms with E-state index in [0.717, 1.165) is 86.6 Å². The molecule has 0 unspecified atom stereocenters. The number of carbonyl (C=O) groups is 3. The Balaban J connectivity index is 0.00000265. The number of benzene rings is 3. The van der Waals surface area contributed by atoms with Gasteiger partial charge in [-0.15, -0.1) is 11.3 Å². The molecule has 5 rings (SSSR count). The standard InChI is InChI=1S/C39H45N3O4S.C2H6/c1-4-31(5-2)40-24-23-28-9-8-10-30(25-28)36(43)42-38-35(33-11-6-7-12-34(33)47-38)37(44)41-32-21-17-27(18-22-32)14-13-26-15-19-29(20-16-26)39(45)46-3;1-2/h8-10,15-22,25,31,40H,4-7,11-14,23-24H2,1-3H3,(H,41,44)(H,42,43);1-2H3. The molecule has 0 radical (unpaired) electrons. The summed E-state index contributed by atoms with van der Waals surface area (Å²) in [6, 6.07) is 23.6. The predicted molar refractivity (Wildman–Crippen MR) is 202 cm³/mol. The molecule has 8 heteroatoms. The smallest absolute Gasteiger partial charge is 0.337 e. The number of aryl methyl sites for hydroxylation is 3. The van der Waals surface area contributed by atoms with Crippen LogP contribution in [0.15, 0.2) is 72.8 Å². The second kappa shape index (κ2) is 19.1. The molecule has 1 aromatic heterocycles. The van der Waals surface area contributed by atoms with Crippen molar-refractivity contribution in [2.75, 3.05) is 24.3 Å². The SMILES string of the molecule is CC.CCC(CC)NCCc1cccc(C(=O)Nc2sc3c(c2C(=O)Nc2ccc(CCc4ccc(C(=O)OC)cc4)cc2)CCCC3)c1. The molecule has 1 heterocycles. The second-order valence-corrected chi connectivity index (χ2v) is 13.2. The van der Waals surface area contributed by atoms with E-state index < -0.39 is 0 Å². The van der Waals surface area contributed by atoms with Crippen molar-refractivity contribution in [1.82, 2.24) is 5.32 Å². The van der Waals surface area contributed by atoms with E-state index in [1.165, 1.54) is 23.3 Å². The van der Waals surface area contributed by atoms with Gasteiger partial charge in [-0.25, -0.2) is 4.79 Å². The van der Waals surface area contributed by atoms with Crippen molar-refractivity contribution < 1.29 is 19.1 Å². The zero-order valence-corrected chi connectivity index (χ0v) is 30.4. The minimum Gasteiger partial charge on any atom is -0.465 e. The summed E-state index contributed by atoms with van der Waals surface area (Å²) >= 11 is 1.53. The fraction of sp³-hybridized carbons (Fsp3) is 0.390. The Morgan fingerprint density at radius 3 is 2.06 bits per heavy atom. The maximum atomic E-state index is 13.8. The van der Waals surface area contributed by atoms with Gasteiger partial charge in [0.1, 0.15) is 5.00 Å². The van der Waals surface area contributed by atoms with Crippen molar-refractivity contribution in [2.24, 2.45) is 0 Å². The molecule has 4 aromatic rings. The first kappa shape index (κ1) is 37.5. The van der Waals surface area contributed by atoms with Gasteiger partial charge in [0, 0.05) is 22.2 Å². The van der Waals surface area contributed by atoms with Crippen molar-refractivity contribution in [3.63, 3.8) is 0 Å². The fourth-order valence-electron chi connectivity index (χ4n) is 6.10. The molecule has 7 nitrogen and oxygen atoms in total. The molecule has 3 N–H and O–H groups in total. The molecule has 1 aliphatic carbocycles. The van der Waals surface area contributed by atoms with Crippen molar-refractivity contribution in [3.05, 3.63) is 117 Å². The van der Waals surface area contributed by atoms with Gasteiger partial charge < -0.3 is 20.7 Å². The highest BCUT2D eigenvalue weighted by Gasteiger charge is 2.27. The van der Waals surface area contributed by atoms with Crippen LogP contribution in [0.2, 0.25) is 0 Å². The Kier molecular flexibility index (Phi) is 14.6. The van der Waals surface area contributed by atoms with Crippen LogP contribution in [0.25, 0.3) is 0 Å². The van der Waals surface area contributed by atoms with Gasteiger partial charge in [-0.1, -0.05) is 64.1 Å². The number of hydrogen-bond donors (Lipinski definition) is 3. The quantitative estimate of drug-likeness (QED) is 0.115. The number of nitrogens with one attached hydrogen (secondary N) is 3. The maximum Gasteiger partial charge on any atom is 0.337 e. The van der Waals surface area contributed by atoms with E-state index in [0.29, 0.717) is 33.4 Å². The molecule has 0 fully saturated rings. The number of rotatable bonds is 14. The van der Waals surface area contributed by atoms with Gasteiger partial charge in [-0.3, -0.25) is 9.59 Å². The molecule has 0 saturated carbocycles. The molecule has 260 valence electrons. The van der Waals surface area contributed by atoms with Crippen molar-refractivity contribution in [2.45, 2.75) is 91.5 Å². The lowest BCUT2D eigenvalue weighted by Crippen LogP contribution is -2.29. The van der Waals surface area contributed by atoms with Crippen LogP contribution in [-0.2, 0) is 36.8 Å². The number of fused-ring (bicyclic) bond motifs is 1. The zero-order chi connectivity index (χ0) is 35.2. The second-order valence-electron chi connectivity index (χ2n) is 12.1. The number of ether oxygens (including phenoxy) is 1. The summed E-state index contributed by atoms with van der Waals surface area (Å²) in [5.74, 6) is -0.732. The van der Waals surface area contributed by atoms with Gasteiger partial charge >= 0.3 is 5.97 Å². The van der Waals surface area contributed by atoms with Crippen LogP contribution in [0.1, 0.15) is 112 Å². The number of thiophene rings is 1. The largest absolute Gasteiger partial charge is 0.465 e. The molecule has 2 amide bonds. The topological polar surface area (TPSA) is 96.5 Å². The molecule has 0 bridgehead atoms. The molecule has 0 saturated heterocycles. The minimum absolute atomic E-state index is 0.195. The van der Waals surface area contributed by atoms with Gasteiger partial charge in [0.25, 0.3) is 11.8 Å². The number of hydrogen-bond acceptors (Lipinski definition) is 6. The Morgan fingerprint density at radius 1 is 0.755 bits per heavy atom. The predicted octanol–water partition coefficient (Wildman–Crippen LogP) is 9.05. The van der Waals surface area contributed by atoms with Crippen LogP contribution < -0.4 is 16.0 Å². The van der Waals surface area contributed by atoms with E-state index in [4.69, 9.17) is 4.74 Å².